The molecule has 0 spiro atoms. The molecule has 2 aromatic heterocycles. The molecule has 2 heterocycles. The molecular formula is C17H22N2O3S. The fourth-order valence-electron chi connectivity index (χ4n) is 3.12. The smallest absolute Gasteiger partial charge is 0.310 e. The van der Waals surface area contributed by atoms with Crippen molar-refractivity contribution in [3.05, 3.63) is 29.5 Å². The van der Waals surface area contributed by atoms with Gasteiger partial charge >= 0.3 is 5.97 Å². The molecule has 0 saturated heterocycles. The molecule has 3 rings (SSSR count). The van der Waals surface area contributed by atoms with Crippen molar-refractivity contribution in [2.75, 3.05) is 7.11 Å². The number of aromatic nitrogens is 1. The summed E-state index contributed by atoms with van der Waals surface area (Å²) in [7, 11) is 1.47. The second-order valence-corrected chi connectivity index (χ2v) is 6.73. The molecule has 0 aliphatic heterocycles. The van der Waals surface area contributed by atoms with E-state index in [0.29, 0.717) is 6.54 Å². The number of furan rings is 1. The molecular weight excluding hydrogens is 312 g/mol. The normalized spacial score (nSPS) is 21.8. The van der Waals surface area contributed by atoms with Gasteiger partial charge in [-0.05, 0) is 25.0 Å². The Hall–Kier alpha value is -1.66. The molecule has 0 radical (unpaired) electrons. The Morgan fingerprint density at radius 3 is 3.09 bits per heavy atom. The van der Waals surface area contributed by atoms with Crippen LogP contribution in [0.25, 0.3) is 10.8 Å². The maximum Gasteiger partial charge on any atom is 0.310 e. The number of hydrogen-bond donors (Lipinski definition) is 1. The van der Waals surface area contributed by atoms with Gasteiger partial charge in [-0.2, -0.15) is 0 Å². The van der Waals surface area contributed by atoms with Gasteiger partial charge in [0, 0.05) is 18.0 Å². The third kappa shape index (κ3) is 4.00. The van der Waals surface area contributed by atoms with E-state index in [1.54, 1.807) is 17.6 Å². The zero-order chi connectivity index (χ0) is 16.1. The van der Waals surface area contributed by atoms with Gasteiger partial charge < -0.3 is 14.5 Å². The number of nitrogens with one attached hydrogen (secondary N) is 1. The van der Waals surface area contributed by atoms with Crippen molar-refractivity contribution >= 4 is 17.3 Å². The van der Waals surface area contributed by atoms with E-state index < -0.39 is 0 Å². The summed E-state index contributed by atoms with van der Waals surface area (Å²) in [5.41, 5.74) is 0.981. The first-order chi connectivity index (χ1) is 11.3. The van der Waals surface area contributed by atoms with E-state index in [1.165, 1.54) is 13.5 Å². The number of carbonyl (C=O) groups excluding carboxylic acids is 1. The third-order valence-electron chi connectivity index (χ3n) is 4.35. The molecule has 2 aromatic rings. The summed E-state index contributed by atoms with van der Waals surface area (Å²) < 4.78 is 10.3. The summed E-state index contributed by atoms with van der Waals surface area (Å²) in [5, 5.41) is 6.44. The summed E-state index contributed by atoms with van der Waals surface area (Å²) in [5.74, 6) is 0.646. The van der Waals surface area contributed by atoms with Crippen LogP contribution < -0.4 is 5.32 Å². The number of ether oxygens (including phenoxy) is 1. The average Bonchev–Trinajstić information content (AvgIpc) is 3.20. The van der Waals surface area contributed by atoms with Crippen LogP contribution in [0.1, 0.15) is 37.8 Å². The van der Waals surface area contributed by atoms with Crippen LogP contribution in [0.3, 0.4) is 0 Å². The minimum atomic E-state index is -0.0982. The molecule has 5 nitrogen and oxygen atoms in total. The Kier molecular flexibility index (Phi) is 5.46. The quantitative estimate of drug-likeness (QED) is 0.668. The maximum absolute atomic E-state index is 12.0. The standard InChI is InChI=1S/C17H22N2O3S/c1-21-17(20)13-6-3-2-4-7-14(13)18-10-12-11-23-16(19-12)15-8-5-9-22-15/h5,8-9,11,13-14,18H,2-4,6-7,10H2,1H3. The van der Waals surface area contributed by atoms with Gasteiger partial charge in [-0.25, -0.2) is 4.98 Å². The van der Waals surface area contributed by atoms with Crippen molar-refractivity contribution in [2.24, 2.45) is 5.92 Å². The highest BCUT2D eigenvalue weighted by atomic mass is 32.1. The Morgan fingerprint density at radius 1 is 1.43 bits per heavy atom. The van der Waals surface area contributed by atoms with Crippen LogP contribution in [0.2, 0.25) is 0 Å². The van der Waals surface area contributed by atoms with Gasteiger partial charge in [-0.15, -0.1) is 11.3 Å². The second-order valence-electron chi connectivity index (χ2n) is 5.88. The van der Waals surface area contributed by atoms with Crippen LogP contribution in [0.4, 0.5) is 0 Å². The van der Waals surface area contributed by atoms with Crippen molar-refractivity contribution in [3.8, 4) is 10.8 Å². The van der Waals surface area contributed by atoms with Gasteiger partial charge in [-0.3, -0.25) is 4.79 Å². The first kappa shape index (κ1) is 16.2. The summed E-state index contributed by atoms with van der Waals surface area (Å²) >= 11 is 1.57. The number of rotatable bonds is 5. The highest BCUT2D eigenvalue weighted by molar-refractivity contribution is 7.13. The topological polar surface area (TPSA) is 64.4 Å². The molecule has 0 bridgehead atoms. The zero-order valence-corrected chi connectivity index (χ0v) is 14.1. The number of esters is 1. The molecule has 0 aromatic carbocycles. The van der Waals surface area contributed by atoms with Crippen molar-refractivity contribution in [1.29, 1.82) is 0 Å². The van der Waals surface area contributed by atoms with Gasteiger partial charge in [0.1, 0.15) is 0 Å². The van der Waals surface area contributed by atoms with E-state index in [2.05, 4.69) is 10.3 Å². The number of methoxy groups -OCH3 is 1. The molecule has 1 N–H and O–H groups in total. The molecule has 1 aliphatic rings. The number of carbonyl (C=O) groups is 1. The predicted molar refractivity (Wildman–Crippen MR) is 89.0 cm³/mol. The number of thiazole rings is 1. The molecule has 0 amide bonds. The number of nitrogens with zero attached hydrogens (tertiary/aromatic N) is 1. The van der Waals surface area contributed by atoms with Gasteiger partial charge in [0.15, 0.2) is 10.8 Å². The highest BCUT2D eigenvalue weighted by Gasteiger charge is 2.30. The lowest BCUT2D eigenvalue weighted by Crippen LogP contribution is -2.39. The summed E-state index contributed by atoms with van der Waals surface area (Å²) in [4.78, 5) is 16.6. The van der Waals surface area contributed by atoms with E-state index in [1.807, 2.05) is 17.5 Å². The summed E-state index contributed by atoms with van der Waals surface area (Å²) in [6.45, 7) is 0.662. The minimum Gasteiger partial charge on any atom is -0.469 e. The largest absolute Gasteiger partial charge is 0.469 e. The predicted octanol–water partition coefficient (Wildman–Crippen LogP) is 3.61. The molecule has 2 unspecified atom stereocenters. The SMILES string of the molecule is COC(=O)C1CCCCCC1NCc1csc(-c2ccco2)n1. The Morgan fingerprint density at radius 2 is 2.30 bits per heavy atom. The van der Waals surface area contributed by atoms with Crippen molar-refractivity contribution < 1.29 is 13.9 Å². The van der Waals surface area contributed by atoms with Gasteiger partial charge in [-0.1, -0.05) is 19.3 Å². The average molecular weight is 334 g/mol. The molecule has 124 valence electrons. The first-order valence-corrected chi connectivity index (χ1v) is 8.95. The summed E-state index contributed by atoms with van der Waals surface area (Å²) in [6.07, 6.45) is 7.00. The van der Waals surface area contributed by atoms with Gasteiger partial charge in [0.2, 0.25) is 0 Å². The molecule has 1 saturated carbocycles. The number of hydrogen-bond acceptors (Lipinski definition) is 6. The lowest BCUT2D eigenvalue weighted by Gasteiger charge is -2.23. The van der Waals surface area contributed by atoms with Crippen LogP contribution in [-0.2, 0) is 16.1 Å². The van der Waals surface area contributed by atoms with Crippen molar-refractivity contribution in [1.82, 2.24) is 10.3 Å². The Balaban J connectivity index is 1.62. The maximum atomic E-state index is 12.0. The van der Waals surface area contributed by atoms with Crippen LogP contribution >= 0.6 is 11.3 Å². The monoisotopic (exact) mass is 334 g/mol. The van der Waals surface area contributed by atoms with Crippen LogP contribution in [0.5, 0.6) is 0 Å². The van der Waals surface area contributed by atoms with E-state index in [0.717, 1.165) is 42.1 Å². The highest BCUT2D eigenvalue weighted by Crippen LogP contribution is 2.26. The molecule has 1 fully saturated rings. The van der Waals surface area contributed by atoms with Crippen LogP contribution in [-0.4, -0.2) is 24.1 Å². The lowest BCUT2D eigenvalue weighted by atomic mass is 9.95. The van der Waals surface area contributed by atoms with E-state index in [-0.39, 0.29) is 17.9 Å². The molecule has 2 atom stereocenters. The van der Waals surface area contributed by atoms with Crippen molar-refractivity contribution in [2.45, 2.75) is 44.7 Å². The Bertz CT molecular complexity index is 624. The molecule has 1 aliphatic carbocycles. The molecule has 6 heteroatoms. The fourth-order valence-corrected chi connectivity index (χ4v) is 3.91. The van der Waals surface area contributed by atoms with Gasteiger partial charge in [0.25, 0.3) is 0 Å². The van der Waals surface area contributed by atoms with Crippen LogP contribution in [0, 0.1) is 5.92 Å². The molecule has 23 heavy (non-hydrogen) atoms. The fraction of sp³-hybridized carbons (Fsp3) is 0.529. The minimum absolute atomic E-state index is 0.0503. The lowest BCUT2D eigenvalue weighted by molar-refractivity contribution is -0.146. The van der Waals surface area contributed by atoms with Gasteiger partial charge in [0.05, 0.1) is 25.0 Å². The second kappa shape index (κ2) is 7.75. The van der Waals surface area contributed by atoms with Crippen molar-refractivity contribution in [3.63, 3.8) is 0 Å². The third-order valence-corrected chi connectivity index (χ3v) is 5.25. The Labute approximate surface area is 140 Å². The van der Waals surface area contributed by atoms with Crippen LogP contribution in [0.15, 0.2) is 28.2 Å². The summed E-state index contributed by atoms with van der Waals surface area (Å²) in [6, 6.07) is 3.94. The van der Waals surface area contributed by atoms with E-state index in [4.69, 9.17) is 9.15 Å². The first-order valence-electron chi connectivity index (χ1n) is 8.07. The van der Waals surface area contributed by atoms with E-state index >= 15 is 0 Å². The van der Waals surface area contributed by atoms with E-state index in [9.17, 15) is 4.79 Å². The zero-order valence-electron chi connectivity index (χ0n) is 13.3.